The normalized spacial score (nSPS) is 18.0. The fourth-order valence-corrected chi connectivity index (χ4v) is 4.82. The number of rotatable bonds is 4. The largest absolute Gasteiger partial charge is 0.393 e. The molecule has 2 fully saturated rings. The van der Waals surface area contributed by atoms with Crippen LogP contribution in [-0.2, 0) is 16.5 Å². The van der Waals surface area contributed by atoms with Gasteiger partial charge in [0.2, 0.25) is 0 Å². The second kappa shape index (κ2) is 8.25. The van der Waals surface area contributed by atoms with Crippen LogP contribution in [0.25, 0.3) is 22.4 Å². The Hall–Kier alpha value is -2.62. The molecule has 2 aliphatic rings. The number of aromatic nitrogens is 3. The van der Waals surface area contributed by atoms with E-state index in [1.807, 2.05) is 6.08 Å². The third-order valence-electron chi connectivity index (χ3n) is 5.65. The molecule has 0 aliphatic carbocycles. The van der Waals surface area contributed by atoms with E-state index in [0.717, 1.165) is 43.5 Å². The van der Waals surface area contributed by atoms with Crippen molar-refractivity contribution < 1.29 is 9.47 Å². The van der Waals surface area contributed by atoms with Gasteiger partial charge >= 0.3 is 0 Å². The Labute approximate surface area is 179 Å². The molecule has 0 unspecified atom stereocenters. The van der Waals surface area contributed by atoms with Gasteiger partial charge in [-0.2, -0.15) is 0 Å². The summed E-state index contributed by atoms with van der Waals surface area (Å²) in [6.45, 7) is 5.84. The van der Waals surface area contributed by atoms with E-state index < -0.39 is 0 Å². The summed E-state index contributed by atoms with van der Waals surface area (Å²) in [7, 11) is 2.08. The van der Waals surface area contributed by atoms with Crippen molar-refractivity contribution in [2.45, 2.75) is 0 Å². The van der Waals surface area contributed by atoms with E-state index in [2.05, 4.69) is 45.0 Å². The number of hydrogen-bond donors (Lipinski definition) is 1. The van der Waals surface area contributed by atoms with Gasteiger partial charge in [0.25, 0.3) is 0 Å². The molecular formula is C21H26N6O2S. The summed E-state index contributed by atoms with van der Waals surface area (Å²) in [6.07, 6.45) is 4.05. The summed E-state index contributed by atoms with van der Waals surface area (Å²) in [4.78, 5) is 14.0. The Morgan fingerprint density at radius 2 is 1.57 bits per heavy atom. The van der Waals surface area contributed by atoms with Crippen LogP contribution in [0.3, 0.4) is 0 Å². The molecule has 158 valence electrons. The molecule has 2 saturated heterocycles. The Morgan fingerprint density at radius 1 is 0.967 bits per heavy atom. The van der Waals surface area contributed by atoms with Crippen molar-refractivity contribution in [3.8, 4) is 0 Å². The molecule has 0 amide bonds. The average Bonchev–Trinajstić information content (AvgIpc) is 3.37. The van der Waals surface area contributed by atoms with Gasteiger partial charge in [-0.3, -0.25) is 0 Å². The Balaban J connectivity index is 1.52. The van der Waals surface area contributed by atoms with Crippen LogP contribution in [0.1, 0.15) is 11.5 Å². The van der Waals surface area contributed by atoms with E-state index in [9.17, 15) is 0 Å². The molecule has 0 atom stereocenters. The molecule has 9 heteroatoms. The summed E-state index contributed by atoms with van der Waals surface area (Å²) in [5.74, 6) is 2.25. The number of morpholine rings is 2. The maximum Gasteiger partial charge on any atom is 0.158 e. The van der Waals surface area contributed by atoms with E-state index in [1.54, 1.807) is 11.3 Å². The highest BCUT2D eigenvalue weighted by Gasteiger charge is 2.23. The van der Waals surface area contributed by atoms with Gasteiger partial charge in [-0.25, -0.2) is 9.97 Å². The molecule has 0 spiro atoms. The third-order valence-corrected chi connectivity index (χ3v) is 6.50. The first-order valence-corrected chi connectivity index (χ1v) is 11.1. The molecule has 30 heavy (non-hydrogen) atoms. The highest BCUT2D eigenvalue weighted by molar-refractivity contribution is 7.17. The van der Waals surface area contributed by atoms with Crippen molar-refractivity contribution in [2.24, 2.45) is 7.05 Å². The minimum Gasteiger partial charge on any atom is -0.393 e. The van der Waals surface area contributed by atoms with Gasteiger partial charge in [0.15, 0.2) is 17.5 Å². The maximum absolute atomic E-state index is 6.57. The molecule has 3 aromatic heterocycles. The summed E-state index contributed by atoms with van der Waals surface area (Å²) >= 11 is 1.75. The summed E-state index contributed by atoms with van der Waals surface area (Å²) in [6, 6.07) is 4.34. The smallest absolute Gasteiger partial charge is 0.158 e. The van der Waals surface area contributed by atoms with Crippen LogP contribution < -0.4 is 15.5 Å². The lowest BCUT2D eigenvalue weighted by Gasteiger charge is -2.32. The van der Waals surface area contributed by atoms with E-state index >= 15 is 0 Å². The fraction of sp³-hybridized carbons (Fsp3) is 0.429. The molecule has 3 aromatic rings. The summed E-state index contributed by atoms with van der Waals surface area (Å²) in [5, 5.41) is 2.12. The molecule has 0 bridgehead atoms. The SMILES string of the molecule is Cn1c(/C=C/c2nc(N3CCOCC3)c(N)c(N3CCOCC3)n2)cc2sccc21. The van der Waals surface area contributed by atoms with Crippen LogP contribution >= 0.6 is 11.3 Å². The van der Waals surface area contributed by atoms with E-state index in [4.69, 9.17) is 25.2 Å². The van der Waals surface area contributed by atoms with Crippen LogP contribution in [0.4, 0.5) is 17.3 Å². The van der Waals surface area contributed by atoms with Crippen LogP contribution in [0.5, 0.6) is 0 Å². The number of fused-ring (bicyclic) bond motifs is 1. The molecular weight excluding hydrogens is 400 g/mol. The van der Waals surface area contributed by atoms with Crippen molar-refractivity contribution in [3.05, 3.63) is 29.0 Å². The zero-order chi connectivity index (χ0) is 20.5. The second-order valence-corrected chi connectivity index (χ2v) is 8.42. The van der Waals surface area contributed by atoms with Crippen LogP contribution in [0.15, 0.2) is 17.5 Å². The quantitative estimate of drug-likeness (QED) is 0.686. The number of aryl methyl sites for hydroxylation is 1. The lowest BCUT2D eigenvalue weighted by Crippen LogP contribution is -2.40. The highest BCUT2D eigenvalue weighted by Crippen LogP contribution is 2.32. The van der Waals surface area contributed by atoms with E-state index in [1.165, 1.54) is 10.2 Å². The fourth-order valence-electron chi connectivity index (χ4n) is 3.96. The van der Waals surface area contributed by atoms with Gasteiger partial charge in [0, 0.05) is 38.9 Å². The van der Waals surface area contributed by atoms with Gasteiger partial charge in [0.1, 0.15) is 5.69 Å². The summed E-state index contributed by atoms with van der Waals surface area (Å²) in [5.41, 5.74) is 9.56. The van der Waals surface area contributed by atoms with Crippen molar-refractivity contribution in [1.82, 2.24) is 14.5 Å². The van der Waals surface area contributed by atoms with Crippen molar-refractivity contribution in [1.29, 1.82) is 0 Å². The van der Waals surface area contributed by atoms with Crippen molar-refractivity contribution >= 4 is 51.0 Å². The van der Waals surface area contributed by atoms with Crippen LogP contribution in [-0.4, -0.2) is 67.1 Å². The minimum atomic E-state index is 0.635. The van der Waals surface area contributed by atoms with Crippen LogP contribution in [0, 0.1) is 0 Å². The number of thiophene rings is 1. The molecule has 0 aromatic carbocycles. The molecule has 5 heterocycles. The predicted molar refractivity (Wildman–Crippen MR) is 122 cm³/mol. The minimum absolute atomic E-state index is 0.635. The molecule has 0 radical (unpaired) electrons. The van der Waals surface area contributed by atoms with E-state index in [0.29, 0.717) is 37.9 Å². The number of nitrogens with zero attached hydrogens (tertiary/aromatic N) is 5. The van der Waals surface area contributed by atoms with Gasteiger partial charge in [-0.1, -0.05) is 0 Å². The Kier molecular flexibility index (Phi) is 5.32. The molecule has 8 nitrogen and oxygen atoms in total. The molecule has 2 N–H and O–H groups in total. The van der Waals surface area contributed by atoms with Gasteiger partial charge in [0.05, 0.1) is 36.6 Å². The second-order valence-electron chi connectivity index (χ2n) is 7.47. The predicted octanol–water partition coefficient (Wildman–Crippen LogP) is 2.46. The van der Waals surface area contributed by atoms with Gasteiger partial charge < -0.3 is 29.6 Å². The average molecular weight is 427 g/mol. The zero-order valence-electron chi connectivity index (χ0n) is 17.1. The molecule has 0 saturated carbocycles. The van der Waals surface area contributed by atoms with E-state index in [-0.39, 0.29) is 0 Å². The first kappa shape index (κ1) is 19.3. The Morgan fingerprint density at radius 3 is 2.13 bits per heavy atom. The monoisotopic (exact) mass is 426 g/mol. The third kappa shape index (κ3) is 3.64. The van der Waals surface area contributed by atoms with Crippen molar-refractivity contribution in [2.75, 3.05) is 68.1 Å². The summed E-state index contributed by atoms with van der Waals surface area (Å²) < 4.78 is 14.5. The van der Waals surface area contributed by atoms with Gasteiger partial charge in [-0.05, 0) is 29.7 Å². The number of nitrogens with two attached hydrogens (primary N) is 1. The number of hydrogen-bond acceptors (Lipinski definition) is 8. The number of ether oxygens (including phenoxy) is 2. The van der Waals surface area contributed by atoms with Crippen molar-refractivity contribution in [3.63, 3.8) is 0 Å². The maximum atomic E-state index is 6.57. The lowest BCUT2D eigenvalue weighted by atomic mass is 10.3. The first-order chi connectivity index (χ1) is 14.7. The molecule has 2 aliphatic heterocycles. The highest BCUT2D eigenvalue weighted by atomic mass is 32.1. The first-order valence-electron chi connectivity index (χ1n) is 10.2. The Bertz CT molecular complexity index is 1020. The lowest BCUT2D eigenvalue weighted by molar-refractivity contribution is 0.122. The molecule has 5 rings (SSSR count). The number of anilines is 3. The standard InChI is InChI=1S/C21H26N6O2S/c1-25-15(14-17-16(25)4-13-30-17)2-3-18-23-20(26-5-9-28-10-6-26)19(22)21(24-18)27-7-11-29-12-8-27/h2-4,13-14H,5-12,22H2,1H3/b3-2+. The topological polar surface area (TPSA) is 81.7 Å². The van der Waals surface area contributed by atoms with Crippen LogP contribution in [0.2, 0.25) is 0 Å². The zero-order valence-corrected chi connectivity index (χ0v) is 17.9. The van der Waals surface area contributed by atoms with Gasteiger partial charge in [-0.15, -0.1) is 11.3 Å². The number of nitrogen functional groups attached to an aromatic ring is 1.